The molecule has 0 fully saturated rings. The van der Waals surface area contributed by atoms with Gasteiger partial charge in [-0.1, -0.05) is 48.5 Å². The molecule has 0 saturated carbocycles. The zero-order valence-electron chi connectivity index (χ0n) is 18.5. The quantitative estimate of drug-likeness (QED) is 0.173. The number of ketones is 4. The molecule has 0 aliphatic heterocycles. The lowest BCUT2D eigenvalue weighted by Gasteiger charge is -2.06. The normalized spacial score (nSPS) is 10.6. The summed E-state index contributed by atoms with van der Waals surface area (Å²) in [6.45, 7) is 0. The van der Waals surface area contributed by atoms with Crippen molar-refractivity contribution in [1.29, 1.82) is 0 Å². The molecule has 178 valence electrons. The van der Waals surface area contributed by atoms with Gasteiger partial charge in [-0.3, -0.25) is 19.2 Å². The van der Waals surface area contributed by atoms with Crippen molar-refractivity contribution in [3.8, 4) is 34.1 Å². The van der Waals surface area contributed by atoms with Gasteiger partial charge in [-0.05, 0) is 47.5 Å². The SMILES string of the molecule is O=C(C(=O)c1ccc(O)c(O)c1)c1ccc(-c2ccc(C(=O)C(=O)c3ccc(O)c(O)c3)cc2)cc1. The Kier molecular flexibility index (Phi) is 6.34. The highest BCUT2D eigenvalue weighted by atomic mass is 16.3. The molecule has 0 radical (unpaired) electrons. The third-order valence-electron chi connectivity index (χ3n) is 5.52. The molecular weight excluding hydrogens is 464 g/mol. The van der Waals surface area contributed by atoms with Crippen molar-refractivity contribution in [3.05, 3.63) is 107 Å². The first-order chi connectivity index (χ1) is 17.2. The van der Waals surface area contributed by atoms with Gasteiger partial charge in [-0.25, -0.2) is 0 Å². The van der Waals surface area contributed by atoms with Crippen molar-refractivity contribution >= 4 is 23.1 Å². The van der Waals surface area contributed by atoms with E-state index in [2.05, 4.69) is 0 Å². The minimum absolute atomic E-state index is 0.0586. The van der Waals surface area contributed by atoms with E-state index >= 15 is 0 Å². The predicted molar refractivity (Wildman–Crippen MR) is 129 cm³/mol. The number of hydrogen-bond donors (Lipinski definition) is 4. The summed E-state index contributed by atoms with van der Waals surface area (Å²) in [4.78, 5) is 49.9. The lowest BCUT2D eigenvalue weighted by molar-refractivity contribution is 0.0816. The summed E-state index contributed by atoms with van der Waals surface area (Å²) >= 11 is 0. The molecule has 0 bridgehead atoms. The maximum absolute atomic E-state index is 12.5. The zero-order chi connectivity index (χ0) is 26.0. The van der Waals surface area contributed by atoms with Gasteiger partial charge < -0.3 is 20.4 Å². The average molecular weight is 482 g/mol. The van der Waals surface area contributed by atoms with Crippen LogP contribution >= 0.6 is 0 Å². The van der Waals surface area contributed by atoms with E-state index in [1.54, 1.807) is 24.3 Å². The smallest absolute Gasteiger partial charge is 0.233 e. The number of aromatic hydroxyl groups is 4. The van der Waals surface area contributed by atoms with Crippen LogP contribution in [0.5, 0.6) is 23.0 Å². The van der Waals surface area contributed by atoms with E-state index in [1.807, 2.05) is 0 Å². The molecule has 4 aromatic rings. The Morgan fingerprint density at radius 2 is 0.639 bits per heavy atom. The number of hydrogen-bond acceptors (Lipinski definition) is 8. The molecule has 0 spiro atoms. The lowest BCUT2D eigenvalue weighted by Crippen LogP contribution is -2.14. The Labute approximate surface area is 204 Å². The monoisotopic (exact) mass is 482 g/mol. The molecule has 0 atom stereocenters. The van der Waals surface area contributed by atoms with Crippen LogP contribution in [-0.4, -0.2) is 43.6 Å². The highest BCUT2D eigenvalue weighted by Crippen LogP contribution is 2.27. The summed E-state index contributed by atoms with van der Waals surface area (Å²) in [5.41, 5.74) is 1.52. The number of rotatable bonds is 7. The van der Waals surface area contributed by atoms with E-state index in [4.69, 9.17) is 0 Å². The topological polar surface area (TPSA) is 149 Å². The Bertz CT molecular complexity index is 1400. The minimum atomic E-state index is -0.840. The Balaban J connectivity index is 1.48. The number of phenolic OH excluding ortho intramolecular Hbond substituents is 4. The van der Waals surface area contributed by atoms with E-state index < -0.39 is 46.1 Å². The van der Waals surface area contributed by atoms with E-state index in [0.717, 1.165) is 24.3 Å². The van der Waals surface area contributed by atoms with E-state index in [0.29, 0.717) is 11.1 Å². The molecule has 0 unspecified atom stereocenters. The third-order valence-corrected chi connectivity index (χ3v) is 5.52. The van der Waals surface area contributed by atoms with Crippen LogP contribution in [-0.2, 0) is 0 Å². The van der Waals surface area contributed by atoms with Gasteiger partial charge >= 0.3 is 0 Å². The first-order valence-corrected chi connectivity index (χ1v) is 10.6. The fourth-order valence-electron chi connectivity index (χ4n) is 3.48. The van der Waals surface area contributed by atoms with Gasteiger partial charge in [0.2, 0.25) is 23.1 Å². The third kappa shape index (κ3) is 4.69. The Morgan fingerprint density at radius 3 is 0.944 bits per heavy atom. The van der Waals surface area contributed by atoms with Crippen LogP contribution < -0.4 is 0 Å². The van der Waals surface area contributed by atoms with Crippen LogP contribution in [0.2, 0.25) is 0 Å². The van der Waals surface area contributed by atoms with Crippen molar-refractivity contribution in [3.63, 3.8) is 0 Å². The van der Waals surface area contributed by atoms with Crippen LogP contribution in [0, 0.1) is 0 Å². The number of carbonyl (C=O) groups is 4. The van der Waals surface area contributed by atoms with Crippen molar-refractivity contribution in [2.24, 2.45) is 0 Å². The molecule has 4 aromatic carbocycles. The molecule has 0 saturated heterocycles. The van der Waals surface area contributed by atoms with Crippen LogP contribution in [0.4, 0.5) is 0 Å². The number of phenols is 4. The molecular formula is C28H18O8. The highest BCUT2D eigenvalue weighted by Gasteiger charge is 2.21. The first kappa shape index (κ1) is 23.9. The number of carbonyl (C=O) groups excluding carboxylic acids is 4. The zero-order valence-corrected chi connectivity index (χ0v) is 18.5. The van der Waals surface area contributed by atoms with Gasteiger partial charge in [0.1, 0.15) is 0 Å². The van der Waals surface area contributed by atoms with E-state index in [1.165, 1.54) is 36.4 Å². The molecule has 0 heterocycles. The van der Waals surface area contributed by atoms with Crippen LogP contribution in [0.1, 0.15) is 41.4 Å². The molecule has 0 aliphatic carbocycles. The predicted octanol–water partition coefficient (Wildman–Crippen LogP) is 4.31. The second-order valence-electron chi connectivity index (χ2n) is 7.88. The Hall–Kier alpha value is -5.24. The fraction of sp³-hybridized carbons (Fsp3) is 0. The van der Waals surface area contributed by atoms with Gasteiger partial charge in [0.25, 0.3) is 0 Å². The molecule has 4 rings (SSSR count). The maximum Gasteiger partial charge on any atom is 0.233 e. The first-order valence-electron chi connectivity index (χ1n) is 10.6. The number of benzene rings is 4. The van der Waals surface area contributed by atoms with Gasteiger partial charge in [-0.15, -0.1) is 0 Å². The standard InChI is InChI=1S/C28H18O8/c29-21-11-9-19(13-23(21)31)27(35)25(33)17-5-1-15(2-6-17)16-3-7-18(8-4-16)26(34)28(36)20-10-12-22(30)24(32)14-20/h1-14,29-32H. The molecule has 8 heteroatoms. The van der Waals surface area contributed by atoms with Gasteiger partial charge in [0.15, 0.2) is 23.0 Å². The molecule has 0 aliphatic rings. The largest absolute Gasteiger partial charge is 0.504 e. The van der Waals surface area contributed by atoms with Crippen molar-refractivity contribution in [2.75, 3.05) is 0 Å². The second kappa shape index (κ2) is 9.55. The summed E-state index contributed by atoms with van der Waals surface area (Å²) in [7, 11) is 0. The maximum atomic E-state index is 12.5. The molecule has 8 nitrogen and oxygen atoms in total. The summed E-state index contributed by atoms with van der Waals surface area (Å²) in [5, 5.41) is 37.8. The van der Waals surface area contributed by atoms with Crippen molar-refractivity contribution < 1.29 is 39.6 Å². The van der Waals surface area contributed by atoms with Gasteiger partial charge in [0.05, 0.1) is 0 Å². The van der Waals surface area contributed by atoms with E-state index in [9.17, 15) is 39.6 Å². The van der Waals surface area contributed by atoms with Gasteiger partial charge in [0, 0.05) is 22.3 Å². The average Bonchev–Trinajstić information content (AvgIpc) is 2.90. The number of Topliss-reactive ketones (excluding diaryl/α,β-unsaturated/α-hetero) is 4. The van der Waals surface area contributed by atoms with Crippen LogP contribution in [0.3, 0.4) is 0 Å². The molecule has 0 amide bonds. The minimum Gasteiger partial charge on any atom is -0.504 e. The van der Waals surface area contributed by atoms with Crippen molar-refractivity contribution in [1.82, 2.24) is 0 Å². The summed E-state index contributed by atoms with van der Waals surface area (Å²) in [6.07, 6.45) is 0. The molecule has 36 heavy (non-hydrogen) atoms. The summed E-state index contributed by atoms with van der Waals surface area (Å²) < 4.78 is 0. The fourth-order valence-corrected chi connectivity index (χ4v) is 3.48. The molecule has 4 N–H and O–H groups in total. The van der Waals surface area contributed by atoms with Crippen LogP contribution in [0.25, 0.3) is 11.1 Å². The van der Waals surface area contributed by atoms with Crippen molar-refractivity contribution in [2.45, 2.75) is 0 Å². The highest BCUT2D eigenvalue weighted by molar-refractivity contribution is 6.49. The summed E-state index contributed by atoms with van der Waals surface area (Å²) in [5.74, 6) is -5.07. The lowest BCUT2D eigenvalue weighted by atomic mass is 9.96. The second-order valence-corrected chi connectivity index (χ2v) is 7.88. The van der Waals surface area contributed by atoms with Crippen LogP contribution in [0.15, 0.2) is 84.9 Å². The molecule has 0 aromatic heterocycles. The van der Waals surface area contributed by atoms with E-state index in [-0.39, 0.29) is 22.3 Å². The summed E-state index contributed by atoms with van der Waals surface area (Å²) in [6, 6.07) is 19.1. The van der Waals surface area contributed by atoms with Gasteiger partial charge in [-0.2, -0.15) is 0 Å². The Morgan fingerprint density at radius 1 is 0.361 bits per heavy atom.